The Kier molecular flexibility index (Phi) is 4.48. The second-order valence-electron chi connectivity index (χ2n) is 3.15. The molecule has 15 heavy (non-hydrogen) atoms. The number of amides is 1. The number of nitrogens with zero attached hydrogens (tertiary/aromatic N) is 2. The molecular formula is C9H16N4OS. The fourth-order valence-corrected chi connectivity index (χ4v) is 1.59. The quantitative estimate of drug-likeness (QED) is 0.740. The first-order valence-electron chi connectivity index (χ1n) is 5.09. The Morgan fingerprint density at radius 3 is 2.93 bits per heavy atom. The molecule has 1 aromatic heterocycles. The van der Waals surface area contributed by atoms with Crippen molar-refractivity contribution >= 4 is 18.1 Å². The van der Waals surface area contributed by atoms with Gasteiger partial charge in [0, 0.05) is 25.9 Å². The highest BCUT2D eigenvalue weighted by atomic mass is 32.1. The van der Waals surface area contributed by atoms with Crippen molar-refractivity contribution in [3.63, 3.8) is 0 Å². The Bertz CT molecular complexity index is 382. The lowest BCUT2D eigenvalue weighted by Gasteiger charge is -2.05. The average molecular weight is 228 g/mol. The summed E-state index contributed by atoms with van der Waals surface area (Å²) in [6, 6.07) is 0. The van der Waals surface area contributed by atoms with Crippen LogP contribution in [0.3, 0.4) is 0 Å². The second-order valence-corrected chi connectivity index (χ2v) is 3.54. The van der Waals surface area contributed by atoms with E-state index in [1.54, 1.807) is 0 Å². The first kappa shape index (κ1) is 11.9. The maximum atomic E-state index is 11.3. The Morgan fingerprint density at radius 1 is 1.60 bits per heavy atom. The maximum absolute atomic E-state index is 11.3. The van der Waals surface area contributed by atoms with Gasteiger partial charge in [-0.05, 0) is 19.1 Å². The van der Waals surface area contributed by atoms with Gasteiger partial charge in [-0.3, -0.25) is 9.89 Å². The summed E-state index contributed by atoms with van der Waals surface area (Å²) < 4.78 is 2.45. The minimum Gasteiger partial charge on any atom is -0.356 e. The summed E-state index contributed by atoms with van der Waals surface area (Å²) in [4.78, 5) is 11.3. The number of aryl methyl sites for hydroxylation is 1. The van der Waals surface area contributed by atoms with Crippen LogP contribution in [0.15, 0.2) is 0 Å². The maximum Gasteiger partial charge on any atom is 0.221 e. The Labute approximate surface area is 93.9 Å². The van der Waals surface area contributed by atoms with Gasteiger partial charge in [0.15, 0.2) is 4.77 Å². The number of H-pyrrole nitrogens is 1. The number of aromatic nitrogens is 3. The van der Waals surface area contributed by atoms with E-state index in [1.165, 1.54) is 0 Å². The van der Waals surface area contributed by atoms with E-state index in [-0.39, 0.29) is 5.91 Å². The highest BCUT2D eigenvalue weighted by molar-refractivity contribution is 7.71. The lowest BCUT2D eigenvalue weighted by Crippen LogP contribution is -2.24. The third-order valence-electron chi connectivity index (χ3n) is 2.09. The second kappa shape index (κ2) is 5.65. The van der Waals surface area contributed by atoms with Crippen molar-refractivity contribution in [3.8, 4) is 0 Å². The van der Waals surface area contributed by atoms with E-state index in [1.807, 2.05) is 18.4 Å². The number of nitrogens with one attached hydrogen (secondary N) is 2. The van der Waals surface area contributed by atoms with Gasteiger partial charge in [-0.1, -0.05) is 6.92 Å². The SMILES string of the molecule is CCNC(=O)CCn1c(CC)n[nH]c1=S. The Morgan fingerprint density at radius 2 is 2.33 bits per heavy atom. The van der Waals surface area contributed by atoms with Crippen LogP contribution in [-0.4, -0.2) is 27.2 Å². The number of hydrogen-bond donors (Lipinski definition) is 2. The summed E-state index contributed by atoms with van der Waals surface area (Å²) in [5, 5.41) is 9.55. The van der Waals surface area contributed by atoms with Crippen LogP contribution in [0.25, 0.3) is 0 Å². The van der Waals surface area contributed by atoms with Crippen molar-refractivity contribution in [2.75, 3.05) is 6.54 Å². The lowest BCUT2D eigenvalue weighted by atomic mass is 10.3. The van der Waals surface area contributed by atoms with Gasteiger partial charge >= 0.3 is 0 Å². The van der Waals surface area contributed by atoms with E-state index in [0.29, 0.717) is 24.3 Å². The molecule has 0 aliphatic carbocycles. The molecule has 0 saturated heterocycles. The molecular weight excluding hydrogens is 212 g/mol. The molecule has 1 heterocycles. The minimum atomic E-state index is 0.0441. The van der Waals surface area contributed by atoms with Crippen LogP contribution in [0.2, 0.25) is 0 Å². The summed E-state index contributed by atoms with van der Waals surface area (Å²) in [6.07, 6.45) is 1.25. The summed E-state index contributed by atoms with van der Waals surface area (Å²) in [6.45, 7) is 5.16. The molecule has 0 atom stereocenters. The molecule has 0 aromatic carbocycles. The first-order valence-corrected chi connectivity index (χ1v) is 5.50. The summed E-state index contributed by atoms with van der Waals surface area (Å²) >= 11 is 5.07. The van der Waals surface area contributed by atoms with Crippen LogP contribution in [0, 0.1) is 4.77 Å². The molecule has 0 aliphatic heterocycles. The molecule has 1 aromatic rings. The van der Waals surface area contributed by atoms with Crippen molar-refractivity contribution < 1.29 is 4.79 Å². The van der Waals surface area contributed by atoms with Crippen LogP contribution >= 0.6 is 12.2 Å². The number of rotatable bonds is 5. The van der Waals surface area contributed by atoms with Crippen molar-refractivity contribution in [2.45, 2.75) is 33.2 Å². The highest BCUT2D eigenvalue weighted by Crippen LogP contribution is 2.00. The summed E-state index contributed by atoms with van der Waals surface area (Å²) in [7, 11) is 0. The van der Waals surface area contributed by atoms with Crippen molar-refractivity contribution in [3.05, 3.63) is 10.6 Å². The monoisotopic (exact) mass is 228 g/mol. The molecule has 0 fully saturated rings. The van der Waals surface area contributed by atoms with Gasteiger partial charge in [0.25, 0.3) is 0 Å². The minimum absolute atomic E-state index is 0.0441. The molecule has 0 saturated carbocycles. The molecule has 0 unspecified atom stereocenters. The van der Waals surface area contributed by atoms with E-state index in [4.69, 9.17) is 12.2 Å². The third-order valence-corrected chi connectivity index (χ3v) is 2.40. The number of carbonyl (C=O) groups is 1. The van der Waals surface area contributed by atoms with Gasteiger partial charge in [0.05, 0.1) is 0 Å². The zero-order valence-electron chi connectivity index (χ0n) is 9.04. The van der Waals surface area contributed by atoms with Crippen LogP contribution in [0.1, 0.15) is 26.1 Å². The van der Waals surface area contributed by atoms with Gasteiger partial charge in [0.2, 0.25) is 5.91 Å². The average Bonchev–Trinajstić information content (AvgIpc) is 2.57. The zero-order valence-corrected chi connectivity index (χ0v) is 9.86. The molecule has 1 amide bonds. The topological polar surface area (TPSA) is 62.7 Å². The Balaban J connectivity index is 2.60. The van der Waals surface area contributed by atoms with Crippen molar-refractivity contribution in [1.82, 2.24) is 20.1 Å². The standard InChI is InChI=1S/C9H16N4OS/c1-3-7-11-12-9(15)13(7)6-5-8(14)10-4-2/h3-6H2,1-2H3,(H,10,14)(H,12,15). The van der Waals surface area contributed by atoms with Gasteiger partial charge in [0.1, 0.15) is 5.82 Å². The van der Waals surface area contributed by atoms with Gasteiger partial charge < -0.3 is 9.88 Å². The zero-order chi connectivity index (χ0) is 11.3. The van der Waals surface area contributed by atoms with E-state index < -0.39 is 0 Å². The number of carbonyl (C=O) groups excluding carboxylic acids is 1. The molecule has 1 rings (SSSR count). The molecule has 0 bridgehead atoms. The predicted molar refractivity (Wildman–Crippen MR) is 60.1 cm³/mol. The van der Waals surface area contributed by atoms with Crippen LogP contribution in [-0.2, 0) is 17.8 Å². The van der Waals surface area contributed by atoms with E-state index in [0.717, 1.165) is 12.2 Å². The fourth-order valence-electron chi connectivity index (χ4n) is 1.35. The van der Waals surface area contributed by atoms with E-state index in [2.05, 4.69) is 15.5 Å². The molecule has 0 radical (unpaired) electrons. The normalized spacial score (nSPS) is 10.3. The van der Waals surface area contributed by atoms with Crippen molar-refractivity contribution in [1.29, 1.82) is 0 Å². The Hall–Kier alpha value is -1.17. The van der Waals surface area contributed by atoms with Crippen molar-refractivity contribution in [2.24, 2.45) is 0 Å². The highest BCUT2D eigenvalue weighted by Gasteiger charge is 2.05. The largest absolute Gasteiger partial charge is 0.356 e. The van der Waals surface area contributed by atoms with E-state index >= 15 is 0 Å². The number of hydrogen-bond acceptors (Lipinski definition) is 3. The molecule has 2 N–H and O–H groups in total. The summed E-state index contributed by atoms with van der Waals surface area (Å²) in [5.41, 5.74) is 0. The smallest absolute Gasteiger partial charge is 0.221 e. The third kappa shape index (κ3) is 3.16. The van der Waals surface area contributed by atoms with Crippen LogP contribution < -0.4 is 5.32 Å². The summed E-state index contributed by atoms with van der Waals surface area (Å²) in [5.74, 6) is 0.937. The lowest BCUT2D eigenvalue weighted by molar-refractivity contribution is -0.121. The molecule has 5 nitrogen and oxygen atoms in total. The molecule has 0 aliphatic rings. The number of aromatic amines is 1. The van der Waals surface area contributed by atoms with Gasteiger partial charge in [-0.25, -0.2) is 0 Å². The van der Waals surface area contributed by atoms with Crippen LogP contribution in [0.4, 0.5) is 0 Å². The molecule has 0 spiro atoms. The van der Waals surface area contributed by atoms with E-state index in [9.17, 15) is 4.79 Å². The molecule has 84 valence electrons. The fraction of sp³-hybridized carbons (Fsp3) is 0.667. The van der Waals surface area contributed by atoms with Crippen LogP contribution in [0.5, 0.6) is 0 Å². The predicted octanol–water partition coefficient (Wildman–Crippen LogP) is 1.03. The van der Waals surface area contributed by atoms with Gasteiger partial charge in [-0.15, -0.1) is 0 Å². The van der Waals surface area contributed by atoms with Gasteiger partial charge in [-0.2, -0.15) is 5.10 Å². The first-order chi connectivity index (χ1) is 7.19. The molecule has 6 heteroatoms.